The van der Waals surface area contributed by atoms with Crippen molar-refractivity contribution in [2.45, 2.75) is 60.6 Å². The zero-order valence-corrected chi connectivity index (χ0v) is 20.2. The molecule has 0 atom stereocenters. The molecule has 0 saturated carbocycles. The van der Waals surface area contributed by atoms with Crippen molar-refractivity contribution in [2.24, 2.45) is 10.8 Å². The molecule has 1 N–H and O–H groups in total. The lowest BCUT2D eigenvalue weighted by Crippen LogP contribution is -2.31. The first kappa shape index (κ1) is 26.0. The monoisotopic (exact) mass is 409 g/mol. The molecule has 0 spiro atoms. The van der Waals surface area contributed by atoms with Crippen molar-refractivity contribution < 1.29 is 4.39 Å². The minimum Gasteiger partial charge on any atom is -0.392 e. The standard InChI is InChI=1S/C22H29B.C4H9N.CH3F/c1-17-11-12-20(23-15-21(2,3)22(4,5)16-23)19(13-17)14-18-9-7-6-8-10-18;1-3-5-4-2;1-2/h6-13H,14-16H2,1-5H3;3,5H,1,4H2,2H3;1H3. The third-order valence-corrected chi connectivity index (χ3v) is 6.67. The Labute approximate surface area is 185 Å². The van der Waals surface area contributed by atoms with E-state index in [2.05, 4.69) is 95.0 Å². The zero-order chi connectivity index (χ0) is 22.8. The fourth-order valence-corrected chi connectivity index (χ4v) is 4.32. The van der Waals surface area contributed by atoms with Gasteiger partial charge in [0.2, 0.25) is 0 Å². The normalized spacial score (nSPS) is 15.9. The van der Waals surface area contributed by atoms with Gasteiger partial charge in [0.15, 0.2) is 6.71 Å². The predicted octanol–water partition coefficient (Wildman–Crippen LogP) is 6.68. The Kier molecular flexibility index (Phi) is 10.4. The predicted molar refractivity (Wildman–Crippen MR) is 134 cm³/mol. The largest absolute Gasteiger partial charge is 0.392 e. The molecule has 1 aliphatic rings. The summed E-state index contributed by atoms with van der Waals surface area (Å²) >= 11 is 0. The van der Waals surface area contributed by atoms with Crippen LogP contribution in [-0.2, 0) is 6.42 Å². The van der Waals surface area contributed by atoms with Crippen LogP contribution in [0.1, 0.15) is 51.3 Å². The van der Waals surface area contributed by atoms with E-state index in [0.29, 0.717) is 24.7 Å². The lowest BCUT2D eigenvalue weighted by molar-refractivity contribution is 0.177. The summed E-state index contributed by atoms with van der Waals surface area (Å²) in [5.41, 5.74) is 6.71. The van der Waals surface area contributed by atoms with E-state index in [4.69, 9.17) is 0 Å². The van der Waals surface area contributed by atoms with Gasteiger partial charge in [0.1, 0.15) is 0 Å². The molecule has 0 bridgehead atoms. The first-order valence-corrected chi connectivity index (χ1v) is 11.1. The Hall–Kier alpha value is -2.03. The molecule has 3 rings (SSSR count). The summed E-state index contributed by atoms with van der Waals surface area (Å²) in [6, 6.07) is 18.0. The van der Waals surface area contributed by atoms with E-state index in [-0.39, 0.29) is 0 Å². The molecule has 1 nitrogen and oxygen atoms in total. The van der Waals surface area contributed by atoms with E-state index in [1.54, 1.807) is 11.7 Å². The van der Waals surface area contributed by atoms with Crippen LogP contribution in [0.4, 0.5) is 4.39 Å². The van der Waals surface area contributed by atoms with Crippen LogP contribution in [0, 0.1) is 17.8 Å². The molecule has 1 fully saturated rings. The average molecular weight is 409 g/mol. The highest BCUT2D eigenvalue weighted by Gasteiger charge is 2.48. The second kappa shape index (κ2) is 12.0. The maximum Gasteiger partial charge on any atom is 0.177 e. The highest BCUT2D eigenvalue weighted by molar-refractivity contribution is 6.74. The lowest BCUT2D eigenvalue weighted by Gasteiger charge is -2.35. The molecule has 3 heteroatoms. The molecule has 0 radical (unpaired) electrons. The zero-order valence-electron chi connectivity index (χ0n) is 20.2. The lowest BCUT2D eigenvalue weighted by atomic mass is 9.41. The Morgan fingerprint density at radius 1 is 1.00 bits per heavy atom. The number of halogens is 1. The van der Waals surface area contributed by atoms with Crippen LogP contribution in [0.3, 0.4) is 0 Å². The van der Waals surface area contributed by atoms with Crippen LogP contribution in [-0.4, -0.2) is 20.4 Å². The van der Waals surface area contributed by atoms with Crippen LogP contribution >= 0.6 is 0 Å². The molecule has 164 valence electrons. The van der Waals surface area contributed by atoms with E-state index >= 15 is 0 Å². The van der Waals surface area contributed by atoms with E-state index < -0.39 is 0 Å². The van der Waals surface area contributed by atoms with Crippen LogP contribution in [0.2, 0.25) is 12.6 Å². The van der Waals surface area contributed by atoms with Gasteiger partial charge in [-0.2, -0.15) is 0 Å². The van der Waals surface area contributed by atoms with Crippen molar-refractivity contribution >= 4 is 12.2 Å². The van der Waals surface area contributed by atoms with E-state index in [9.17, 15) is 4.39 Å². The highest BCUT2D eigenvalue weighted by Crippen LogP contribution is 2.52. The average Bonchev–Trinajstić information content (AvgIpc) is 2.92. The van der Waals surface area contributed by atoms with E-state index in [1.807, 2.05) is 6.92 Å². The SMILES string of the molecule is C=CNCC.CF.Cc1ccc(B2CC(C)(C)C(C)(C)C2)c(Cc2ccccc2)c1. The van der Waals surface area contributed by atoms with Crippen molar-refractivity contribution in [3.8, 4) is 0 Å². The summed E-state index contributed by atoms with van der Waals surface area (Å²) in [4.78, 5) is 0. The minimum atomic E-state index is 0.409. The third kappa shape index (κ3) is 7.04. The van der Waals surface area contributed by atoms with Gasteiger partial charge in [-0.25, -0.2) is 0 Å². The van der Waals surface area contributed by atoms with Gasteiger partial charge in [0, 0.05) is 6.54 Å². The van der Waals surface area contributed by atoms with Gasteiger partial charge in [-0.1, -0.05) is 106 Å². The summed E-state index contributed by atoms with van der Waals surface area (Å²) in [5, 5.41) is 2.88. The Balaban J connectivity index is 0.000000565. The summed E-state index contributed by atoms with van der Waals surface area (Å²) in [7, 11) is 0.500. The molecule has 0 amide bonds. The topological polar surface area (TPSA) is 12.0 Å². The Morgan fingerprint density at radius 2 is 1.57 bits per heavy atom. The first-order chi connectivity index (χ1) is 14.2. The van der Waals surface area contributed by atoms with Gasteiger partial charge in [-0.3, -0.25) is 4.39 Å². The maximum absolute atomic E-state index is 9.50. The fourth-order valence-electron chi connectivity index (χ4n) is 4.32. The molecular formula is C27H41BFN. The van der Waals surface area contributed by atoms with E-state index in [1.165, 1.54) is 29.3 Å². The van der Waals surface area contributed by atoms with Gasteiger partial charge < -0.3 is 5.32 Å². The number of alkyl halides is 1. The highest BCUT2D eigenvalue weighted by atomic mass is 19.1. The number of aryl methyl sites for hydroxylation is 1. The minimum absolute atomic E-state index is 0.409. The van der Waals surface area contributed by atoms with Crippen LogP contribution in [0.25, 0.3) is 0 Å². The second-order valence-corrected chi connectivity index (χ2v) is 9.50. The van der Waals surface area contributed by atoms with Gasteiger partial charge >= 0.3 is 0 Å². The van der Waals surface area contributed by atoms with Crippen LogP contribution in [0.15, 0.2) is 61.3 Å². The fraction of sp³-hybridized carbons (Fsp3) is 0.481. The van der Waals surface area contributed by atoms with Gasteiger partial charge in [0.05, 0.1) is 7.18 Å². The number of hydrogen-bond acceptors (Lipinski definition) is 1. The van der Waals surface area contributed by atoms with Gasteiger partial charge in [-0.15, -0.1) is 0 Å². The quantitative estimate of drug-likeness (QED) is 0.543. The van der Waals surface area contributed by atoms with E-state index in [0.717, 1.165) is 13.0 Å². The molecule has 1 saturated heterocycles. The molecule has 1 heterocycles. The van der Waals surface area contributed by atoms with Crippen LogP contribution in [0.5, 0.6) is 0 Å². The number of rotatable bonds is 5. The van der Waals surface area contributed by atoms with Gasteiger partial charge in [-0.05, 0) is 48.4 Å². The smallest absolute Gasteiger partial charge is 0.177 e. The van der Waals surface area contributed by atoms with Crippen molar-refractivity contribution in [2.75, 3.05) is 13.7 Å². The third-order valence-electron chi connectivity index (χ3n) is 6.67. The molecule has 1 aliphatic heterocycles. The Bertz CT molecular complexity index is 752. The van der Waals surface area contributed by atoms with Crippen molar-refractivity contribution in [1.29, 1.82) is 0 Å². The number of nitrogens with one attached hydrogen (secondary N) is 1. The first-order valence-electron chi connectivity index (χ1n) is 11.1. The summed E-state index contributed by atoms with van der Waals surface area (Å²) in [6.07, 6.45) is 5.32. The van der Waals surface area contributed by atoms with Crippen LogP contribution < -0.4 is 10.8 Å². The molecule has 0 unspecified atom stereocenters. The Morgan fingerprint density at radius 3 is 2.03 bits per heavy atom. The summed E-state index contributed by atoms with van der Waals surface area (Å²) in [6.45, 7) is 19.1. The maximum atomic E-state index is 9.50. The molecule has 30 heavy (non-hydrogen) atoms. The molecule has 2 aromatic rings. The number of benzene rings is 2. The van der Waals surface area contributed by atoms with Crippen molar-refractivity contribution in [3.05, 3.63) is 78.0 Å². The molecule has 0 aliphatic carbocycles. The van der Waals surface area contributed by atoms with Crippen molar-refractivity contribution in [1.82, 2.24) is 5.32 Å². The second-order valence-electron chi connectivity index (χ2n) is 9.50. The molecule has 0 aromatic heterocycles. The van der Waals surface area contributed by atoms with Gasteiger partial charge in [0.25, 0.3) is 0 Å². The summed E-state index contributed by atoms with van der Waals surface area (Å²) in [5.74, 6) is 0. The molecular weight excluding hydrogens is 368 g/mol. The number of hydrogen-bond donors (Lipinski definition) is 1. The summed E-state index contributed by atoms with van der Waals surface area (Å²) < 4.78 is 9.50. The van der Waals surface area contributed by atoms with Crippen molar-refractivity contribution in [3.63, 3.8) is 0 Å². The molecule has 2 aromatic carbocycles.